The highest BCUT2D eigenvalue weighted by molar-refractivity contribution is 7.98. The highest BCUT2D eigenvalue weighted by Gasteiger charge is 2.22. The third-order valence-electron chi connectivity index (χ3n) is 3.82. The molecule has 22 heavy (non-hydrogen) atoms. The molecule has 0 fully saturated rings. The predicted molar refractivity (Wildman–Crippen MR) is 88.9 cm³/mol. The Balaban J connectivity index is 1.82. The number of carbonyl (C=O) groups excluding carboxylic acids is 1. The van der Waals surface area contributed by atoms with E-state index < -0.39 is 0 Å². The number of aryl methyl sites for hydroxylation is 1. The largest absolute Gasteiger partial charge is 0.411 e. The summed E-state index contributed by atoms with van der Waals surface area (Å²) < 4.78 is 0. The average Bonchev–Trinajstić information content (AvgIpc) is 2.73. The van der Waals surface area contributed by atoms with E-state index >= 15 is 0 Å². The van der Waals surface area contributed by atoms with E-state index in [1.54, 1.807) is 11.8 Å². The van der Waals surface area contributed by atoms with Gasteiger partial charge in [0.15, 0.2) is 0 Å². The quantitative estimate of drug-likeness (QED) is 0.397. The number of carbonyl (C=O) groups is 1. The number of hydrogen-bond acceptors (Lipinski definition) is 4. The van der Waals surface area contributed by atoms with Crippen LogP contribution in [0.2, 0.25) is 0 Å². The van der Waals surface area contributed by atoms with Gasteiger partial charge in [-0.1, -0.05) is 41.6 Å². The van der Waals surface area contributed by atoms with Crippen molar-refractivity contribution >= 4 is 23.3 Å². The van der Waals surface area contributed by atoms with Crippen LogP contribution in [0.5, 0.6) is 0 Å². The Morgan fingerprint density at radius 3 is 2.68 bits per heavy atom. The van der Waals surface area contributed by atoms with Gasteiger partial charge < -0.3 is 5.21 Å². The third kappa shape index (κ3) is 3.22. The fraction of sp³-hybridized carbons (Fsp3) is 0.222. The highest BCUT2D eigenvalue weighted by atomic mass is 32.2. The number of thioether (sulfide) groups is 1. The minimum Gasteiger partial charge on any atom is -0.411 e. The van der Waals surface area contributed by atoms with E-state index in [9.17, 15) is 4.79 Å². The second kappa shape index (κ2) is 6.79. The van der Waals surface area contributed by atoms with E-state index in [1.165, 1.54) is 5.56 Å². The molecule has 0 saturated carbocycles. The molecule has 112 valence electrons. The first kappa shape index (κ1) is 14.9. The van der Waals surface area contributed by atoms with Crippen molar-refractivity contribution in [2.24, 2.45) is 5.16 Å². The predicted octanol–water partition coefficient (Wildman–Crippen LogP) is 4.33. The highest BCUT2D eigenvalue weighted by Crippen LogP contribution is 2.28. The summed E-state index contributed by atoms with van der Waals surface area (Å²) in [4.78, 5) is 13.5. The first-order chi connectivity index (χ1) is 10.8. The smallest absolute Gasteiger partial charge is 0.210 e. The van der Waals surface area contributed by atoms with Crippen LogP contribution < -0.4 is 0 Å². The monoisotopic (exact) mass is 311 g/mol. The number of Topliss-reactive ketones (excluding diaryl/α,β-unsaturated/α-hetero) is 1. The Labute approximate surface area is 134 Å². The standard InChI is InChI=1S/C18H17NO2S/c20-18-16-11-15(22-12-13-5-2-1-3-6-13)10-9-14(16)7-4-8-17(18)19-21/h1-3,5-6,9-11,21H,4,7-8,12H2/b19-17-. The van der Waals surface area contributed by atoms with Gasteiger partial charge in [-0.15, -0.1) is 11.8 Å². The van der Waals surface area contributed by atoms with Gasteiger partial charge in [0.25, 0.3) is 0 Å². The first-order valence-corrected chi connectivity index (χ1v) is 8.32. The van der Waals surface area contributed by atoms with Gasteiger partial charge in [-0.25, -0.2) is 0 Å². The molecule has 0 aliphatic heterocycles. The minimum absolute atomic E-state index is 0.142. The van der Waals surface area contributed by atoms with Crippen molar-refractivity contribution in [1.82, 2.24) is 0 Å². The third-order valence-corrected chi connectivity index (χ3v) is 4.88. The molecule has 3 rings (SSSR count). The molecule has 0 heterocycles. The zero-order chi connectivity index (χ0) is 15.4. The van der Waals surface area contributed by atoms with Crippen LogP contribution in [0.1, 0.15) is 34.3 Å². The van der Waals surface area contributed by atoms with Crippen LogP contribution in [0.3, 0.4) is 0 Å². The normalized spacial score (nSPS) is 16.4. The van der Waals surface area contributed by atoms with Crippen molar-refractivity contribution in [1.29, 1.82) is 0 Å². The summed E-state index contributed by atoms with van der Waals surface area (Å²) in [7, 11) is 0. The molecule has 1 aliphatic rings. The Kier molecular flexibility index (Phi) is 4.59. The molecule has 0 spiro atoms. The Hall–Kier alpha value is -2.07. The lowest BCUT2D eigenvalue weighted by atomic mass is 10.0. The maximum absolute atomic E-state index is 12.4. The summed E-state index contributed by atoms with van der Waals surface area (Å²) >= 11 is 1.71. The molecule has 0 amide bonds. The number of fused-ring (bicyclic) bond motifs is 1. The van der Waals surface area contributed by atoms with Gasteiger partial charge >= 0.3 is 0 Å². The van der Waals surface area contributed by atoms with Crippen LogP contribution in [-0.2, 0) is 12.2 Å². The summed E-state index contributed by atoms with van der Waals surface area (Å²) in [6, 6.07) is 16.3. The molecule has 0 bridgehead atoms. The summed E-state index contributed by atoms with van der Waals surface area (Å²) in [6.07, 6.45) is 2.23. The van der Waals surface area contributed by atoms with Gasteiger partial charge in [-0.2, -0.15) is 0 Å². The molecular formula is C18H17NO2S. The number of nitrogens with zero attached hydrogens (tertiary/aromatic N) is 1. The van der Waals surface area contributed by atoms with Crippen molar-refractivity contribution in [2.75, 3.05) is 0 Å². The van der Waals surface area contributed by atoms with Crippen molar-refractivity contribution in [3.05, 3.63) is 65.2 Å². The lowest BCUT2D eigenvalue weighted by molar-refractivity contribution is 0.106. The zero-order valence-electron chi connectivity index (χ0n) is 12.2. The second-order valence-electron chi connectivity index (χ2n) is 5.32. The van der Waals surface area contributed by atoms with E-state index in [2.05, 4.69) is 23.4 Å². The van der Waals surface area contributed by atoms with Gasteiger partial charge in [0.05, 0.1) is 0 Å². The fourth-order valence-electron chi connectivity index (χ4n) is 2.63. The van der Waals surface area contributed by atoms with Gasteiger partial charge in [-0.05, 0) is 42.5 Å². The van der Waals surface area contributed by atoms with E-state index in [0.717, 1.165) is 29.1 Å². The molecule has 0 radical (unpaired) electrons. The van der Waals surface area contributed by atoms with Crippen LogP contribution >= 0.6 is 11.8 Å². The molecule has 3 nitrogen and oxygen atoms in total. The Morgan fingerprint density at radius 1 is 1.09 bits per heavy atom. The molecule has 1 N–H and O–H groups in total. The second-order valence-corrected chi connectivity index (χ2v) is 6.37. The molecule has 1 aliphatic carbocycles. The van der Waals surface area contributed by atoms with Crippen LogP contribution in [-0.4, -0.2) is 16.7 Å². The van der Waals surface area contributed by atoms with Gasteiger partial charge in [0.1, 0.15) is 5.71 Å². The molecule has 2 aromatic rings. The number of rotatable bonds is 3. The Bertz CT molecular complexity index is 710. The van der Waals surface area contributed by atoms with E-state index in [-0.39, 0.29) is 11.5 Å². The molecule has 4 heteroatoms. The zero-order valence-corrected chi connectivity index (χ0v) is 13.0. The number of ketones is 1. The molecule has 0 saturated heterocycles. The summed E-state index contributed by atoms with van der Waals surface area (Å²) in [5.41, 5.74) is 3.26. The molecule has 2 aromatic carbocycles. The van der Waals surface area contributed by atoms with Crippen LogP contribution in [0.15, 0.2) is 58.6 Å². The summed E-state index contributed by atoms with van der Waals surface area (Å²) in [5.74, 6) is 0.728. The summed E-state index contributed by atoms with van der Waals surface area (Å²) in [6.45, 7) is 0. The van der Waals surface area contributed by atoms with Gasteiger partial charge in [0, 0.05) is 16.2 Å². The average molecular weight is 311 g/mol. The van der Waals surface area contributed by atoms with Gasteiger partial charge in [-0.3, -0.25) is 4.79 Å². The lowest BCUT2D eigenvalue weighted by Gasteiger charge is -2.08. The van der Waals surface area contributed by atoms with Crippen molar-refractivity contribution in [2.45, 2.75) is 29.9 Å². The topological polar surface area (TPSA) is 49.7 Å². The molecule has 0 atom stereocenters. The van der Waals surface area contributed by atoms with Crippen LogP contribution in [0.25, 0.3) is 0 Å². The van der Waals surface area contributed by atoms with Crippen molar-refractivity contribution in [3.8, 4) is 0 Å². The Morgan fingerprint density at radius 2 is 1.91 bits per heavy atom. The summed E-state index contributed by atoms with van der Waals surface area (Å²) in [5, 5.41) is 12.2. The number of hydrogen-bond donors (Lipinski definition) is 1. The van der Waals surface area contributed by atoms with E-state index in [1.807, 2.05) is 30.3 Å². The minimum atomic E-state index is -0.142. The van der Waals surface area contributed by atoms with Crippen LogP contribution in [0, 0.1) is 0 Å². The SMILES string of the molecule is O=C1/C(=N\O)CCCc2ccc(SCc3ccccc3)cc21. The fourth-order valence-corrected chi connectivity index (χ4v) is 3.52. The maximum atomic E-state index is 12.4. The van der Waals surface area contributed by atoms with E-state index in [0.29, 0.717) is 12.0 Å². The van der Waals surface area contributed by atoms with Gasteiger partial charge in [0.2, 0.25) is 5.78 Å². The maximum Gasteiger partial charge on any atom is 0.210 e. The number of oxime groups is 1. The molecule has 0 unspecified atom stereocenters. The molecule has 0 aromatic heterocycles. The molecular weight excluding hydrogens is 294 g/mol. The van der Waals surface area contributed by atoms with Crippen molar-refractivity contribution < 1.29 is 10.0 Å². The lowest BCUT2D eigenvalue weighted by Crippen LogP contribution is -2.13. The van der Waals surface area contributed by atoms with Crippen molar-refractivity contribution in [3.63, 3.8) is 0 Å². The number of benzene rings is 2. The van der Waals surface area contributed by atoms with Crippen LogP contribution in [0.4, 0.5) is 0 Å². The first-order valence-electron chi connectivity index (χ1n) is 7.33. The van der Waals surface area contributed by atoms with E-state index in [4.69, 9.17) is 5.21 Å².